The van der Waals surface area contributed by atoms with Crippen LogP contribution in [0.2, 0.25) is 0 Å². The Kier molecular flexibility index (Phi) is 6.30. The highest BCUT2D eigenvalue weighted by molar-refractivity contribution is 4.94. The Bertz CT molecular complexity index is 364. The van der Waals surface area contributed by atoms with Gasteiger partial charge in [-0.25, -0.2) is 4.98 Å². The lowest BCUT2D eigenvalue weighted by molar-refractivity contribution is -0.173. The van der Waals surface area contributed by atoms with E-state index in [0.717, 1.165) is 6.54 Å². The smallest absolute Gasteiger partial charge is 0.411 e. The van der Waals surface area contributed by atoms with Crippen molar-refractivity contribution in [2.45, 2.75) is 38.9 Å². The summed E-state index contributed by atoms with van der Waals surface area (Å²) in [7, 11) is 0. The molecule has 0 saturated heterocycles. The van der Waals surface area contributed by atoms with Crippen LogP contribution in [0.25, 0.3) is 0 Å². The molecule has 1 aromatic heterocycles. The van der Waals surface area contributed by atoms with Gasteiger partial charge in [-0.2, -0.15) is 13.2 Å². The molecule has 1 aromatic rings. The average Bonchev–Trinajstić information content (AvgIpc) is 2.71. The van der Waals surface area contributed by atoms with Crippen molar-refractivity contribution in [1.82, 2.24) is 10.3 Å². The molecule has 0 saturated carbocycles. The highest BCUT2D eigenvalue weighted by atomic mass is 19.4. The number of alkyl halides is 3. The lowest BCUT2D eigenvalue weighted by Crippen LogP contribution is -2.24. The number of nitrogens with one attached hydrogen (secondary N) is 1. The molecule has 19 heavy (non-hydrogen) atoms. The second kappa shape index (κ2) is 7.49. The molecule has 0 radical (unpaired) electrons. The number of hydrogen-bond donors (Lipinski definition) is 1. The molecule has 1 rings (SSSR count). The van der Waals surface area contributed by atoms with Crippen LogP contribution < -0.4 is 5.32 Å². The predicted molar refractivity (Wildman–Crippen MR) is 63.9 cm³/mol. The number of nitrogens with zero attached hydrogens (tertiary/aromatic N) is 1. The van der Waals surface area contributed by atoms with E-state index in [9.17, 15) is 13.2 Å². The molecule has 0 aliphatic rings. The fourth-order valence-electron chi connectivity index (χ4n) is 1.41. The maximum atomic E-state index is 11.8. The largest absolute Gasteiger partial charge is 0.446 e. The molecule has 0 fully saturated rings. The van der Waals surface area contributed by atoms with Gasteiger partial charge in [-0.15, -0.1) is 0 Å². The standard InChI is InChI=1S/C12H19F3N2O2/c1-9(2)16-5-3-11-17-7-10(19-11)4-6-18-8-12(13,14)15/h7,9,16H,3-6,8H2,1-2H3. The molecule has 0 aromatic carbocycles. The van der Waals surface area contributed by atoms with Gasteiger partial charge in [0.2, 0.25) is 0 Å². The number of rotatable bonds is 8. The normalized spacial score (nSPS) is 12.3. The summed E-state index contributed by atoms with van der Waals surface area (Å²) in [6.07, 6.45) is -1.81. The molecule has 0 amide bonds. The highest BCUT2D eigenvalue weighted by Crippen LogP contribution is 2.14. The molecule has 0 bridgehead atoms. The van der Waals surface area contributed by atoms with Gasteiger partial charge < -0.3 is 14.5 Å². The van der Waals surface area contributed by atoms with E-state index in [1.807, 2.05) is 13.8 Å². The summed E-state index contributed by atoms with van der Waals surface area (Å²) in [4.78, 5) is 4.06. The molecular formula is C12H19F3N2O2. The van der Waals surface area contributed by atoms with E-state index in [-0.39, 0.29) is 6.61 Å². The van der Waals surface area contributed by atoms with Crippen LogP contribution >= 0.6 is 0 Å². The summed E-state index contributed by atoms with van der Waals surface area (Å²) in [5.74, 6) is 1.13. The van der Waals surface area contributed by atoms with Crippen molar-refractivity contribution in [1.29, 1.82) is 0 Å². The number of aromatic nitrogens is 1. The fourth-order valence-corrected chi connectivity index (χ4v) is 1.41. The van der Waals surface area contributed by atoms with E-state index in [4.69, 9.17) is 4.42 Å². The lowest BCUT2D eigenvalue weighted by Gasteiger charge is -2.06. The van der Waals surface area contributed by atoms with Crippen LogP contribution in [0.4, 0.5) is 13.2 Å². The number of oxazole rings is 1. The Labute approximate surface area is 110 Å². The van der Waals surface area contributed by atoms with Gasteiger partial charge in [0.05, 0.1) is 12.8 Å². The Balaban J connectivity index is 2.19. The van der Waals surface area contributed by atoms with Crippen LogP contribution in [0.5, 0.6) is 0 Å². The Morgan fingerprint density at radius 2 is 2.11 bits per heavy atom. The minimum Gasteiger partial charge on any atom is -0.446 e. The topological polar surface area (TPSA) is 47.3 Å². The molecule has 7 heteroatoms. The van der Waals surface area contributed by atoms with E-state index in [1.165, 1.54) is 6.20 Å². The van der Waals surface area contributed by atoms with Crippen molar-refractivity contribution in [3.8, 4) is 0 Å². The lowest BCUT2D eigenvalue weighted by atomic mass is 10.3. The number of hydrogen-bond acceptors (Lipinski definition) is 4. The fraction of sp³-hybridized carbons (Fsp3) is 0.750. The molecule has 1 heterocycles. The van der Waals surface area contributed by atoms with Gasteiger partial charge in [0, 0.05) is 25.4 Å². The molecular weight excluding hydrogens is 261 g/mol. The number of ether oxygens (including phenoxy) is 1. The number of halogens is 3. The summed E-state index contributed by atoms with van der Waals surface area (Å²) >= 11 is 0. The van der Waals surface area contributed by atoms with Crippen LogP contribution in [0.1, 0.15) is 25.5 Å². The Hall–Kier alpha value is -1.08. The zero-order chi connectivity index (χ0) is 14.3. The quantitative estimate of drug-likeness (QED) is 0.742. The van der Waals surface area contributed by atoms with E-state index in [1.54, 1.807) is 0 Å². The van der Waals surface area contributed by atoms with Crippen molar-refractivity contribution in [2.24, 2.45) is 0 Å². The first-order chi connectivity index (χ1) is 8.87. The SMILES string of the molecule is CC(C)NCCc1ncc(CCOCC(F)(F)F)o1. The van der Waals surface area contributed by atoms with E-state index >= 15 is 0 Å². The van der Waals surface area contributed by atoms with E-state index in [2.05, 4.69) is 15.0 Å². The Morgan fingerprint density at radius 3 is 2.74 bits per heavy atom. The second-order valence-corrected chi connectivity index (χ2v) is 4.50. The van der Waals surface area contributed by atoms with Crippen molar-refractivity contribution < 1.29 is 22.3 Å². The maximum Gasteiger partial charge on any atom is 0.411 e. The van der Waals surface area contributed by atoms with Gasteiger partial charge in [0.1, 0.15) is 12.4 Å². The van der Waals surface area contributed by atoms with Crippen molar-refractivity contribution >= 4 is 0 Å². The molecule has 110 valence electrons. The third-order valence-corrected chi connectivity index (χ3v) is 2.25. The van der Waals surface area contributed by atoms with Gasteiger partial charge >= 0.3 is 6.18 Å². The molecule has 0 aliphatic heterocycles. The molecule has 0 spiro atoms. The van der Waals surface area contributed by atoms with Gasteiger partial charge in [0.15, 0.2) is 5.89 Å². The first kappa shape index (κ1) is 16.0. The molecule has 0 aliphatic carbocycles. The third kappa shape index (κ3) is 7.84. The van der Waals surface area contributed by atoms with E-state index < -0.39 is 12.8 Å². The zero-order valence-electron chi connectivity index (χ0n) is 11.1. The third-order valence-electron chi connectivity index (χ3n) is 2.25. The monoisotopic (exact) mass is 280 g/mol. The average molecular weight is 280 g/mol. The Morgan fingerprint density at radius 1 is 1.37 bits per heavy atom. The van der Waals surface area contributed by atoms with Gasteiger partial charge in [0.25, 0.3) is 0 Å². The van der Waals surface area contributed by atoms with E-state index in [0.29, 0.717) is 30.5 Å². The van der Waals surface area contributed by atoms with Crippen LogP contribution in [0.15, 0.2) is 10.6 Å². The van der Waals surface area contributed by atoms with Gasteiger partial charge in [-0.3, -0.25) is 0 Å². The van der Waals surface area contributed by atoms with Crippen LogP contribution in [-0.2, 0) is 17.6 Å². The van der Waals surface area contributed by atoms with Crippen LogP contribution in [0, 0.1) is 0 Å². The summed E-state index contributed by atoms with van der Waals surface area (Å²) in [6.45, 7) is 3.57. The molecule has 1 N–H and O–H groups in total. The summed E-state index contributed by atoms with van der Waals surface area (Å²) in [5.41, 5.74) is 0. The van der Waals surface area contributed by atoms with Crippen LogP contribution in [-0.4, -0.2) is 37.0 Å². The predicted octanol–water partition coefficient (Wildman–Crippen LogP) is 2.34. The summed E-state index contributed by atoms with van der Waals surface area (Å²) in [5, 5.41) is 3.22. The van der Waals surface area contributed by atoms with Gasteiger partial charge in [-0.05, 0) is 0 Å². The van der Waals surface area contributed by atoms with Crippen molar-refractivity contribution in [2.75, 3.05) is 19.8 Å². The van der Waals surface area contributed by atoms with Crippen molar-refractivity contribution in [3.05, 3.63) is 17.8 Å². The van der Waals surface area contributed by atoms with Crippen molar-refractivity contribution in [3.63, 3.8) is 0 Å². The summed E-state index contributed by atoms with van der Waals surface area (Å²) < 4.78 is 45.4. The maximum absolute atomic E-state index is 11.8. The minimum absolute atomic E-state index is 0.0294. The highest BCUT2D eigenvalue weighted by Gasteiger charge is 2.27. The molecule has 0 unspecified atom stereocenters. The molecule has 4 nitrogen and oxygen atoms in total. The minimum atomic E-state index is -4.28. The first-order valence-electron chi connectivity index (χ1n) is 6.18. The second-order valence-electron chi connectivity index (χ2n) is 4.50. The summed E-state index contributed by atoms with van der Waals surface area (Å²) in [6, 6.07) is 0.394. The first-order valence-corrected chi connectivity index (χ1v) is 6.18. The zero-order valence-corrected chi connectivity index (χ0v) is 11.1. The molecule has 0 atom stereocenters. The van der Waals surface area contributed by atoms with Gasteiger partial charge in [-0.1, -0.05) is 13.8 Å². The van der Waals surface area contributed by atoms with Crippen LogP contribution in [0.3, 0.4) is 0 Å².